The van der Waals surface area contributed by atoms with Gasteiger partial charge in [0.25, 0.3) is 5.91 Å². The summed E-state index contributed by atoms with van der Waals surface area (Å²) in [6.07, 6.45) is 6.51. The molecule has 0 spiro atoms. The van der Waals surface area contributed by atoms with E-state index < -0.39 is 0 Å². The summed E-state index contributed by atoms with van der Waals surface area (Å²) in [5.41, 5.74) is 7.01. The molecule has 0 fully saturated rings. The zero-order chi connectivity index (χ0) is 15.9. The predicted octanol–water partition coefficient (Wildman–Crippen LogP) is 2.19. The monoisotopic (exact) mass is 302 g/mol. The molecule has 22 heavy (non-hydrogen) atoms. The minimum Gasteiger partial charge on any atom is -0.484 e. The molecular weight excluding hydrogens is 280 g/mol. The van der Waals surface area contributed by atoms with Crippen LogP contribution in [0.2, 0.25) is 0 Å². The molecule has 1 aromatic rings. The molecule has 1 unspecified atom stereocenters. The molecule has 2 amide bonds. The molecule has 1 aliphatic rings. The number of aryl methyl sites for hydroxylation is 2. The third kappa shape index (κ3) is 4.91. The fourth-order valence-electron chi connectivity index (χ4n) is 2.47. The lowest BCUT2D eigenvalue weighted by molar-refractivity contribution is -0.132. The van der Waals surface area contributed by atoms with Crippen molar-refractivity contribution in [3.63, 3.8) is 0 Å². The van der Waals surface area contributed by atoms with Crippen LogP contribution >= 0.6 is 0 Å². The Bertz CT molecular complexity index is 561. The molecule has 0 bridgehead atoms. The van der Waals surface area contributed by atoms with Crippen LogP contribution < -0.4 is 15.6 Å². The molecule has 0 heterocycles. The molecule has 0 saturated heterocycles. The second-order valence-electron chi connectivity index (χ2n) is 5.63. The zero-order valence-corrected chi connectivity index (χ0v) is 13.0. The molecule has 5 nitrogen and oxygen atoms in total. The van der Waals surface area contributed by atoms with Crippen molar-refractivity contribution >= 4 is 11.8 Å². The first-order valence-corrected chi connectivity index (χ1v) is 7.49. The van der Waals surface area contributed by atoms with Gasteiger partial charge in [0.1, 0.15) is 5.75 Å². The lowest BCUT2D eigenvalue weighted by Crippen LogP contribution is -2.46. The average Bonchev–Trinajstić information content (AvgIpc) is 2.50. The first kappa shape index (κ1) is 16.1. The molecule has 0 saturated carbocycles. The van der Waals surface area contributed by atoms with Crippen molar-refractivity contribution in [2.75, 3.05) is 6.61 Å². The second-order valence-corrected chi connectivity index (χ2v) is 5.63. The van der Waals surface area contributed by atoms with Gasteiger partial charge in [0.2, 0.25) is 5.91 Å². The van der Waals surface area contributed by atoms with E-state index in [0.29, 0.717) is 5.75 Å². The summed E-state index contributed by atoms with van der Waals surface area (Å²) in [6, 6.07) is 5.77. The van der Waals surface area contributed by atoms with Gasteiger partial charge in [0.15, 0.2) is 6.61 Å². The maximum Gasteiger partial charge on any atom is 0.276 e. The van der Waals surface area contributed by atoms with Gasteiger partial charge in [-0.1, -0.05) is 18.2 Å². The highest BCUT2D eigenvalue weighted by atomic mass is 16.5. The van der Waals surface area contributed by atoms with E-state index >= 15 is 0 Å². The van der Waals surface area contributed by atoms with E-state index in [1.54, 1.807) is 0 Å². The summed E-state index contributed by atoms with van der Waals surface area (Å²) in [7, 11) is 0. The van der Waals surface area contributed by atoms with E-state index in [9.17, 15) is 9.59 Å². The summed E-state index contributed by atoms with van der Waals surface area (Å²) in [5.74, 6) is 0.0602. The molecule has 0 aromatic heterocycles. The number of hydrogen-bond acceptors (Lipinski definition) is 3. The molecule has 2 N–H and O–H groups in total. The van der Waals surface area contributed by atoms with Gasteiger partial charge in [-0.05, 0) is 56.4 Å². The Labute approximate surface area is 130 Å². The van der Waals surface area contributed by atoms with Gasteiger partial charge in [0, 0.05) is 5.92 Å². The topological polar surface area (TPSA) is 67.4 Å². The minimum absolute atomic E-state index is 0.0642. The molecule has 5 heteroatoms. The highest BCUT2D eigenvalue weighted by Crippen LogP contribution is 2.18. The van der Waals surface area contributed by atoms with E-state index in [4.69, 9.17) is 4.74 Å². The van der Waals surface area contributed by atoms with Gasteiger partial charge in [-0.3, -0.25) is 20.4 Å². The summed E-state index contributed by atoms with van der Waals surface area (Å²) >= 11 is 0. The van der Waals surface area contributed by atoms with Crippen molar-refractivity contribution in [1.82, 2.24) is 10.9 Å². The Kier molecular flexibility index (Phi) is 5.58. The van der Waals surface area contributed by atoms with E-state index in [1.807, 2.05) is 38.1 Å². The number of benzene rings is 1. The highest BCUT2D eigenvalue weighted by molar-refractivity contribution is 5.84. The van der Waals surface area contributed by atoms with E-state index in [0.717, 1.165) is 30.4 Å². The molecule has 1 aliphatic carbocycles. The van der Waals surface area contributed by atoms with Crippen LogP contribution in [0.4, 0.5) is 0 Å². The average molecular weight is 302 g/mol. The number of amides is 2. The Morgan fingerprint density at radius 3 is 2.50 bits per heavy atom. The maximum atomic E-state index is 11.9. The largest absolute Gasteiger partial charge is 0.484 e. The van der Waals surface area contributed by atoms with Crippen molar-refractivity contribution in [3.05, 3.63) is 41.5 Å². The summed E-state index contributed by atoms with van der Waals surface area (Å²) < 4.78 is 5.43. The summed E-state index contributed by atoms with van der Waals surface area (Å²) in [6.45, 7) is 3.81. The van der Waals surface area contributed by atoms with Crippen LogP contribution in [0, 0.1) is 19.8 Å². The SMILES string of the molecule is Cc1cc(C)cc(OCC(=O)NNC(=O)C2CC=CCC2)c1. The van der Waals surface area contributed by atoms with Crippen molar-refractivity contribution in [3.8, 4) is 5.75 Å². The standard InChI is InChI=1S/C17H22N2O3/c1-12-8-13(2)10-15(9-12)22-11-16(20)18-19-17(21)14-6-4-3-5-7-14/h3-4,8-10,14H,5-7,11H2,1-2H3,(H,18,20)(H,19,21). The van der Waals surface area contributed by atoms with Crippen LogP contribution in [0.3, 0.4) is 0 Å². The molecule has 0 radical (unpaired) electrons. The molecule has 2 rings (SSSR count). The van der Waals surface area contributed by atoms with Gasteiger partial charge in [-0.15, -0.1) is 0 Å². The first-order chi connectivity index (χ1) is 10.5. The first-order valence-electron chi connectivity index (χ1n) is 7.49. The van der Waals surface area contributed by atoms with Crippen LogP contribution in [-0.2, 0) is 9.59 Å². The fraction of sp³-hybridized carbons (Fsp3) is 0.412. The van der Waals surface area contributed by atoms with Gasteiger partial charge in [-0.25, -0.2) is 0 Å². The second kappa shape index (κ2) is 7.64. The van der Waals surface area contributed by atoms with Crippen LogP contribution in [0.25, 0.3) is 0 Å². The molecular formula is C17H22N2O3. The Morgan fingerprint density at radius 1 is 1.14 bits per heavy atom. The predicted molar refractivity (Wildman–Crippen MR) is 84.2 cm³/mol. The van der Waals surface area contributed by atoms with Gasteiger partial charge in [-0.2, -0.15) is 0 Å². The minimum atomic E-state index is -0.376. The Balaban J connectivity index is 1.73. The smallest absolute Gasteiger partial charge is 0.276 e. The quantitative estimate of drug-likeness (QED) is 0.662. The highest BCUT2D eigenvalue weighted by Gasteiger charge is 2.18. The number of rotatable bonds is 4. The Hall–Kier alpha value is -2.30. The van der Waals surface area contributed by atoms with Crippen molar-refractivity contribution in [2.24, 2.45) is 5.92 Å². The van der Waals surface area contributed by atoms with E-state index in [1.165, 1.54) is 0 Å². The van der Waals surface area contributed by atoms with Crippen molar-refractivity contribution in [1.29, 1.82) is 0 Å². The number of ether oxygens (including phenoxy) is 1. The lowest BCUT2D eigenvalue weighted by Gasteiger charge is -2.17. The van der Waals surface area contributed by atoms with Crippen LogP contribution in [0.1, 0.15) is 30.4 Å². The lowest BCUT2D eigenvalue weighted by atomic mass is 9.94. The normalized spacial score (nSPS) is 16.9. The molecule has 1 atom stereocenters. The van der Waals surface area contributed by atoms with Crippen LogP contribution in [0.15, 0.2) is 30.4 Å². The third-order valence-corrected chi connectivity index (χ3v) is 3.53. The van der Waals surface area contributed by atoms with Crippen LogP contribution in [0.5, 0.6) is 5.75 Å². The van der Waals surface area contributed by atoms with Crippen molar-refractivity contribution in [2.45, 2.75) is 33.1 Å². The van der Waals surface area contributed by atoms with Gasteiger partial charge >= 0.3 is 0 Å². The van der Waals surface area contributed by atoms with Gasteiger partial charge in [0.05, 0.1) is 0 Å². The third-order valence-electron chi connectivity index (χ3n) is 3.53. The summed E-state index contributed by atoms with van der Waals surface area (Å²) in [4.78, 5) is 23.6. The molecule has 1 aromatic carbocycles. The number of carbonyl (C=O) groups is 2. The number of hydrogen-bond donors (Lipinski definition) is 2. The summed E-state index contributed by atoms with van der Waals surface area (Å²) in [5, 5.41) is 0. The van der Waals surface area contributed by atoms with E-state index in [2.05, 4.69) is 16.9 Å². The molecule has 118 valence electrons. The van der Waals surface area contributed by atoms with Crippen LogP contribution in [-0.4, -0.2) is 18.4 Å². The zero-order valence-electron chi connectivity index (χ0n) is 13.0. The number of hydrazine groups is 1. The Morgan fingerprint density at radius 2 is 1.86 bits per heavy atom. The number of allylic oxidation sites excluding steroid dienone is 2. The fourth-order valence-corrected chi connectivity index (χ4v) is 2.47. The van der Waals surface area contributed by atoms with Gasteiger partial charge < -0.3 is 4.74 Å². The number of carbonyl (C=O) groups excluding carboxylic acids is 2. The van der Waals surface area contributed by atoms with Crippen molar-refractivity contribution < 1.29 is 14.3 Å². The molecule has 0 aliphatic heterocycles. The maximum absolute atomic E-state index is 11.9. The number of nitrogens with one attached hydrogen (secondary N) is 2. The van der Waals surface area contributed by atoms with E-state index in [-0.39, 0.29) is 24.3 Å².